The molecule has 0 aromatic heterocycles. The van der Waals surface area contributed by atoms with Gasteiger partial charge in [-0.05, 0) is 66.1 Å². The Morgan fingerprint density at radius 1 is 1.02 bits per heavy atom. The van der Waals surface area contributed by atoms with Crippen LogP contribution in [0.1, 0.15) is 59.1 Å². The van der Waals surface area contributed by atoms with Gasteiger partial charge in [0, 0.05) is 6.61 Å². The molecule has 1 fully saturated rings. The van der Waals surface area contributed by atoms with Gasteiger partial charge in [-0.3, -0.25) is 4.79 Å². The summed E-state index contributed by atoms with van der Waals surface area (Å²) in [5.74, 6) is 1.13. The predicted octanol–water partition coefficient (Wildman–Crippen LogP) is 7.33. The molecule has 5 atom stereocenters. The van der Waals surface area contributed by atoms with Crippen molar-refractivity contribution in [3.63, 3.8) is 0 Å². The lowest BCUT2D eigenvalue weighted by molar-refractivity contribution is -0.145. The molecule has 1 amide bonds. The maximum atomic E-state index is 14.0. The number of amides is 1. The van der Waals surface area contributed by atoms with Crippen LogP contribution in [0.15, 0.2) is 54.6 Å². The molecule has 7 heteroatoms. The first kappa shape index (κ1) is 33.3. The maximum Gasteiger partial charge on any atom is 0.230 e. The Labute approximate surface area is 249 Å². The van der Waals surface area contributed by atoms with Crippen molar-refractivity contribution >= 4 is 14.2 Å². The number of methoxy groups -OCH3 is 1. The molecule has 6 nitrogen and oxygen atoms in total. The Bertz CT molecular complexity index is 1070. The number of benzene rings is 2. The zero-order valence-corrected chi connectivity index (χ0v) is 27.8. The second kappa shape index (κ2) is 14.8. The Balaban J connectivity index is 1.72. The number of ether oxygens (including phenoxy) is 3. The molecule has 0 radical (unpaired) electrons. The lowest BCUT2D eigenvalue weighted by Gasteiger charge is -2.38. The minimum absolute atomic E-state index is 0.0295. The van der Waals surface area contributed by atoms with E-state index in [2.05, 4.69) is 59.8 Å². The summed E-state index contributed by atoms with van der Waals surface area (Å²) in [4.78, 5) is 15.9. The van der Waals surface area contributed by atoms with Crippen LogP contribution in [-0.2, 0) is 31.7 Å². The fourth-order valence-electron chi connectivity index (χ4n) is 5.30. The van der Waals surface area contributed by atoms with E-state index in [1.807, 2.05) is 54.3 Å². The van der Waals surface area contributed by atoms with Crippen LogP contribution >= 0.6 is 0 Å². The fourth-order valence-corrected chi connectivity index (χ4v) is 6.44. The number of hydrogen-bond donors (Lipinski definition) is 0. The highest BCUT2D eigenvalue weighted by molar-refractivity contribution is 6.74. The van der Waals surface area contributed by atoms with Gasteiger partial charge in [-0.1, -0.05) is 84.0 Å². The van der Waals surface area contributed by atoms with Gasteiger partial charge in [-0.2, -0.15) is 0 Å². The van der Waals surface area contributed by atoms with Crippen LogP contribution in [0.5, 0.6) is 5.75 Å². The van der Waals surface area contributed by atoms with Crippen LogP contribution in [0.3, 0.4) is 0 Å². The minimum atomic E-state index is -1.83. The normalized spacial score (nSPS) is 19.0. The van der Waals surface area contributed by atoms with Crippen LogP contribution in [-0.4, -0.2) is 58.3 Å². The molecule has 1 aliphatic rings. The SMILES string of the molecule is COc1ccc(CO[C@H]([C@@H](C)C[C@@H](C)CO[Si](C)(C)C(C)(C)C)[C@@H](C)C(=O)N2COC[C@H]2Cc2ccccc2)cc1. The van der Waals surface area contributed by atoms with E-state index in [1.54, 1.807) is 7.11 Å². The van der Waals surface area contributed by atoms with Crippen molar-refractivity contribution in [2.45, 2.75) is 91.3 Å². The molecular formula is C34H53NO5Si. The van der Waals surface area contributed by atoms with Gasteiger partial charge in [0.1, 0.15) is 12.5 Å². The van der Waals surface area contributed by atoms with Gasteiger partial charge in [-0.25, -0.2) is 0 Å². The Morgan fingerprint density at radius 3 is 2.29 bits per heavy atom. The molecule has 1 heterocycles. The van der Waals surface area contributed by atoms with Gasteiger partial charge < -0.3 is 23.5 Å². The van der Waals surface area contributed by atoms with Gasteiger partial charge in [0.05, 0.1) is 38.4 Å². The average molecular weight is 584 g/mol. The smallest absolute Gasteiger partial charge is 0.230 e. The third-order valence-corrected chi connectivity index (χ3v) is 13.4. The Kier molecular flexibility index (Phi) is 12.0. The first-order chi connectivity index (χ1) is 19.3. The summed E-state index contributed by atoms with van der Waals surface area (Å²) >= 11 is 0. The molecule has 2 aromatic carbocycles. The van der Waals surface area contributed by atoms with E-state index in [0.717, 1.165) is 30.8 Å². The van der Waals surface area contributed by atoms with Gasteiger partial charge in [0.25, 0.3) is 0 Å². The van der Waals surface area contributed by atoms with Crippen molar-refractivity contribution in [1.29, 1.82) is 0 Å². The third kappa shape index (κ3) is 9.40. The largest absolute Gasteiger partial charge is 0.497 e. The Morgan fingerprint density at radius 2 is 1.68 bits per heavy atom. The van der Waals surface area contributed by atoms with Crippen LogP contribution in [0, 0.1) is 17.8 Å². The second-order valence-electron chi connectivity index (χ2n) is 13.5. The lowest BCUT2D eigenvalue weighted by Crippen LogP contribution is -2.46. The van der Waals surface area contributed by atoms with Crippen molar-refractivity contribution in [3.05, 3.63) is 65.7 Å². The maximum absolute atomic E-state index is 14.0. The van der Waals surface area contributed by atoms with Gasteiger partial charge in [0.2, 0.25) is 5.91 Å². The molecule has 1 aliphatic heterocycles. The summed E-state index contributed by atoms with van der Waals surface area (Å²) in [6, 6.07) is 18.3. The molecule has 1 saturated heterocycles. The first-order valence-corrected chi connectivity index (χ1v) is 18.0. The van der Waals surface area contributed by atoms with E-state index in [-0.39, 0.29) is 34.9 Å². The van der Waals surface area contributed by atoms with Crippen LogP contribution in [0.4, 0.5) is 0 Å². The summed E-state index contributed by atoms with van der Waals surface area (Å²) in [6.45, 7) is 20.0. The molecule has 0 saturated carbocycles. The second-order valence-corrected chi connectivity index (χ2v) is 18.3. The van der Waals surface area contributed by atoms with E-state index in [1.165, 1.54) is 5.56 Å². The van der Waals surface area contributed by atoms with E-state index in [9.17, 15) is 4.79 Å². The molecule has 0 aliphatic carbocycles. The Hall–Kier alpha value is -2.19. The summed E-state index contributed by atoms with van der Waals surface area (Å²) < 4.78 is 24.3. The molecule has 0 bridgehead atoms. The van der Waals surface area contributed by atoms with E-state index < -0.39 is 8.32 Å². The zero-order valence-electron chi connectivity index (χ0n) is 26.8. The van der Waals surface area contributed by atoms with E-state index in [0.29, 0.717) is 25.9 Å². The number of nitrogens with zero attached hydrogens (tertiary/aromatic N) is 1. The predicted molar refractivity (Wildman–Crippen MR) is 168 cm³/mol. The highest BCUT2D eigenvalue weighted by Crippen LogP contribution is 2.37. The molecular weight excluding hydrogens is 530 g/mol. The number of carbonyl (C=O) groups excluding carboxylic acids is 1. The zero-order chi connectivity index (χ0) is 30.2. The third-order valence-electron chi connectivity index (χ3n) is 8.93. The van der Waals surface area contributed by atoms with Crippen molar-refractivity contribution in [1.82, 2.24) is 4.90 Å². The summed E-state index contributed by atoms with van der Waals surface area (Å²) in [5.41, 5.74) is 2.27. The highest BCUT2D eigenvalue weighted by Gasteiger charge is 2.39. The van der Waals surface area contributed by atoms with Crippen molar-refractivity contribution in [3.8, 4) is 5.75 Å². The van der Waals surface area contributed by atoms with Crippen molar-refractivity contribution in [2.24, 2.45) is 17.8 Å². The standard InChI is InChI=1S/C34H53NO5Si/c1-25(21-40-41(8,9)34(4,5)6)19-26(2)32(39-22-29-15-17-31(37-7)18-16-29)27(3)33(36)35-24-38-23-30(35)20-28-13-11-10-12-14-28/h10-18,25-27,30,32H,19-24H2,1-9H3/t25-,26+,27-,30-,32-/m1/s1. The lowest BCUT2D eigenvalue weighted by atomic mass is 9.86. The summed E-state index contributed by atoms with van der Waals surface area (Å²) in [7, 11) is -0.161. The molecule has 2 aromatic rings. The van der Waals surface area contributed by atoms with E-state index in [4.69, 9.17) is 18.6 Å². The van der Waals surface area contributed by atoms with Gasteiger partial charge in [-0.15, -0.1) is 0 Å². The summed E-state index contributed by atoms with van der Waals surface area (Å²) in [6.07, 6.45) is 1.47. The molecule has 0 spiro atoms. The highest BCUT2D eigenvalue weighted by atomic mass is 28.4. The molecule has 41 heavy (non-hydrogen) atoms. The molecule has 3 rings (SSSR count). The number of rotatable bonds is 14. The van der Waals surface area contributed by atoms with E-state index >= 15 is 0 Å². The number of hydrogen-bond acceptors (Lipinski definition) is 5. The van der Waals surface area contributed by atoms with Crippen LogP contribution in [0.25, 0.3) is 0 Å². The number of carbonyl (C=O) groups is 1. The van der Waals surface area contributed by atoms with Gasteiger partial charge >= 0.3 is 0 Å². The summed E-state index contributed by atoms with van der Waals surface area (Å²) in [5, 5.41) is 0.178. The topological polar surface area (TPSA) is 57.2 Å². The van der Waals surface area contributed by atoms with Crippen molar-refractivity contribution < 1.29 is 23.4 Å². The van der Waals surface area contributed by atoms with Gasteiger partial charge in [0.15, 0.2) is 8.32 Å². The molecule has 0 N–H and O–H groups in total. The van der Waals surface area contributed by atoms with Crippen LogP contribution < -0.4 is 4.74 Å². The first-order valence-electron chi connectivity index (χ1n) is 15.1. The minimum Gasteiger partial charge on any atom is -0.497 e. The van der Waals surface area contributed by atoms with Crippen molar-refractivity contribution in [2.75, 3.05) is 27.1 Å². The van der Waals surface area contributed by atoms with Crippen LogP contribution in [0.2, 0.25) is 18.1 Å². The fraction of sp³-hybridized carbons (Fsp3) is 0.618. The quantitative estimate of drug-likeness (QED) is 0.218. The molecule has 0 unspecified atom stereocenters. The molecule has 228 valence electrons. The monoisotopic (exact) mass is 583 g/mol. The average Bonchev–Trinajstić information content (AvgIpc) is 3.39.